The van der Waals surface area contributed by atoms with Crippen LogP contribution in [-0.4, -0.2) is 31.0 Å². The lowest BCUT2D eigenvalue weighted by atomic mass is 9.94. The van der Waals surface area contributed by atoms with E-state index < -0.39 is 0 Å². The number of aryl methyl sites for hydroxylation is 1. The van der Waals surface area contributed by atoms with Crippen LogP contribution in [0.15, 0.2) is 48.5 Å². The van der Waals surface area contributed by atoms with Crippen LogP contribution in [0.1, 0.15) is 42.5 Å². The number of ether oxygens (including phenoxy) is 1. The first-order valence-corrected chi connectivity index (χ1v) is 9.78. The second kappa shape index (κ2) is 9.05. The van der Waals surface area contributed by atoms with Gasteiger partial charge in [0, 0.05) is 12.5 Å². The standard InChI is InChI=1S/C23H30N2O2/c1-17-15-21(9-10-22(17)27-3)18(2)24-23(26)20-11-13-25(14-12-20)16-19-7-5-4-6-8-19/h4-10,15,18,20H,11-14,16H2,1-3H3,(H,24,26)/t18-/m1/s1. The molecule has 3 rings (SSSR count). The van der Waals surface area contributed by atoms with Crippen LogP contribution >= 0.6 is 0 Å². The summed E-state index contributed by atoms with van der Waals surface area (Å²) in [5.74, 6) is 1.16. The molecule has 1 fully saturated rings. The largest absolute Gasteiger partial charge is 0.496 e. The second-order valence-electron chi connectivity index (χ2n) is 7.50. The number of piperidine rings is 1. The van der Waals surface area contributed by atoms with Crippen molar-refractivity contribution >= 4 is 5.91 Å². The molecule has 0 aliphatic carbocycles. The van der Waals surface area contributed by atoms with Gasteiger partial charge < -0.3 is 10.1 Å². The lowest BCUT2D eigenvalue weighted by Gasteiger charge is -2.32. The lowest BCUT2D eigenvalue weighted by molar-refractivity contribution is -0.127. The Hall–Kier alpha value is -2.33. The number of hydrogen-bond acceptors (Lipinski definition) is 3. The highest BCUT2D eigenvalue weighted by atomic mass is 16.5. The van der Waals surface area contributed by atoms with E-state index in [1.807, 2.05) is 32.0 Å². The summed E-state index contributed by atoms with van der Waals surface area (Å²) >= 11 is 0. The summed E-state index contributed by atoms with van der Waals surface area (Å²) in [4.78, 5) is 15.1. The molecule has 0 spiro atoms. The average Bonchev–Trinajstić information content (AvgIpc) is 2.69. The minimum absolute atomic E-state index is 0.00412. The Morgan fingerprint density at radius 3 is 2.52 bits per heavy atom. The van der Waals surface area contributed by atoms with Gasteiger partial charge in [-0.15, -0.1) is 0 Å². The van der Waals surface area contributed by atoms with Gasteiger partial charge in [0.2, 0.25) is 5.91 Å². The third-order valence-corrected chi connectivity index (χ3v) is 5.49. The smallest absolute Gasteiger partial charge is 0.223 e. The molecule has 1 aliphatic rings. The van der Waals surface area contributed by atoms with Crippen LogP contribution in [0.3, 0.4) is 0 Å². The van der Waals surface area contributed by atoms with Crippen molar-refractivity contribution < 1.29 is 9.53 Å². The summed E-state index contributed by atoms with van der Waals surface area (Å²) in [6.07, 6.45) is 1.85. The molecule has 27 heavy (non-hydrogen) atoms. The molecule has 1 heterocycles. The quantitative estimate of drug-likeness (QED) is 0.837. The summed E-state index contributed by atoms with van der Waals surface area (Å²) in [5, 5.41) is 3.20. The summed E-state index contributed by atoms with van der Waals surface area (Å²) in [6.45, 7) is 6.99. The number of likely N-dealkylation sites (tertiary alicyclic amines) is 1. The van der Waals surface area contributed by atoms with E-state index in [-0.39, 0.29) is 17.9 Å². The number of carbonyl (C=O) groups is 1. The van der Waals surface area contributed by atoms with E-state index in [4.69, 9.17) is 4.74 Å². The summed E-state index contributed by atoms with van der Waals surface area (Å²) < 4.78 is 5.32. The molecule has 1 atom stereocenters. The lowest BCUT2D eigenvalue weighted by Crippen LogP contribution is -2.40. The number of nitrogens with one attached hydrogen (secondary N) is 1. The van der Waals surface area contributed by atoms with Crippen molar-refractivity contribution in [1.82, 2.24) is 10.2 Å². The van der Waals surface area contributed by atoms with Gasteiger partial charge in [-0.05, 0) is 62.5 Å². The molecule has 0 radical (unpaired) electrons. The van der Waals surface area contributed by atoms with Crippen molar-refractivity contribution in [3.05, 3.63) is 65.2 Å². The molecular formula is C23H30N2O2. The van der Waals surface area contributed by atoms with E-state index >= 15 is 0 Å². The number of hydrogen-bond donors (Lipinski definition) is 1. The Morgan fingerprint density at radius 2 is 1.89 bits per heavy atom. The Balaban J connectivity index is 1.49. The predicted molar refractivity (Wildman–Crippen MR) is 109 cm³/mol. The van der Waals surface area contributed by atoms with Crippen LogP contribution in [-0.2, 0) is 11.3 Å². The zero-order valence-electron chi connectivity index (χ0n) is 16.6. The van der Waals surface area contributed by atoms with E-state index in [1.165, 1.54) is 5.56 Å². The van der Waals surface area contributed by atoms with Crippen LogP contribution in [0, 0.1) is 12.8 Å². The molecule has 2 aromatic rings. The number of carbonyl (C=O) groups excluding carboxylic acids is 1. The fourth-order valence-corrected chi connectivity index (χ4v) is 3.78. The fourth-order valence-electron chi connectivity index (χ4n) is 3.78. The van der Waals surface area contributed by atoms with Crippen molar-refractivity contribution in [2.75, 3.05) is 20.2 Å². The van der Waals surface area contributed by atoms with E-state index in [0.29, 0.717) is 0 Å². The first-order valence-electron chi connectivity index (χ1n) is 9.78. The summed E-state index contributed by atoms with van der Waals surface area (Å²) in [6, 6.07) is 16.6. The maximum atomic E-state index is 12.7. The Bertz CT molecular complexity index is 752. The third-order valence-electron chi connectivity index (χ3n) is 5.49. The number of rotatable bonds is 6. The normalized spacial score (nSPS) is 16.7. The van der Waals surface area contributed by atoms with Gasteiger partial charge in [-0.1, -0.05) is 42.5 Å². The number of methoxy groups -OCH3 is 1. The highest BCUT2D eigenvalue weighted by Crippen LogP contribution is 2.24. The van der Waals surface area contributed by atoms with Crippen molar-refractivity contribution in [2.45, 2.75) is 39.3 Å². The molecule has 4 nitrogen and oxygen atoms in total. The van der Waals surface area contributed by atoms with Gasteiger partial charge in [-0.3, -0.25) is 9.69 Å². The van der Waals surface area contributed by atoms with Crippen LogP contribution in [0.5, 0.6) is 5.75 Å². The number of nitrogens with zero attached hydrogens (tertiary/aromatic N) is 1. The van der Waals surface area contributed by atoms with E-state index in [9.17, 15) is 4.79 Å². The minimum Gasteiger partial charge on any atom is -0.496 e. The Labute approximate surface area is 162 Å². The van der Waals surface area contributed by atoms with Crippen molar-refractivity contribution in [1.29, 1.82) is 0 Å². The Morgan fingerprint density at radius 1 is 1.19 bits per heavy atom. The van der Waals surface area contributed by atoms with Crippen LogP contribution in [0.4, 0.5) is 0 Å². The number of benzene rings is 2. The maximum Gasteiger partial charge on any atom is 0.223 e. The SMILES string of the molecule is COc1ccc([C@@H](C)NC(=O)C2CCN(Cc3ccccc3)CC2)cc1C. The van der Waals surface area contributed by atoms with E-state index in [2.05, 4.69) is 40.5 Å². The van der Waals surface area contributed by atoms with Gasteiger partial charge in [-0.2, -0.15) is 0 Å². The van der Waals surface area contributed by atoms with Crippen molar-refractivity contribution in [3.8, 4) is 5.75 Å². The van der Waals surface area contributed by atoms with Gasteiger partial charge in [0.05, 0.1) is 13.2 Å². The first kappa shape index (κ1) is 19.4. The predicted octanol–water partition coefficient (Wildman–Crippen LogP) is 4.09. The zero-order chi connectivity index (χ0) is 19.2. The maximum absolute atomic E-state index is 12.7. The molecule has 4 heteroatoms. The van der Waals surface area contributed by atoms with Crippen LogP contribution in [0.25, 0.3) is 0 Å². The summed E-state index contributed by atoms with van der Waals surface area (Å²) in [5.41, 5.74) is 3.54. The molecule has 1 saturated heterocycles. The van der Waals surface area contributed by atoms with Gasteiger partial charge in [0.15, 0.2) is 0 Å². The first-order chi connectivity index (χ1) is 13.1. The molecule has 0 bridgehead atoms. The molecule has 1 amide bonds. The van der Waals surface area contributed by atoms with Gasteiger partial charge in [0.1, 0.15) is 5.75 Å². The average molecular weight is 367 g/mol. The summed E-state index contributed by atoms with van der Waals surface area (Å²) in [7, 11) is 1.68. The Kier molecular flexibility index (Phi) is 6.51. The molecule has 1 aliphatic heterocycles. The van der Waals surface area contributed by atoms with Gasteiger partial charge in [-0.25, -0.2) is 0 Å². The van der Waals surface area contributed by atoms with Gasteiger partial charge in [0.25, 0.3) is 0 Å². The highest BCUT2D eigenvalue weighted by Gasteiger charge is 2.26. The molecular weight excluding hydrogens is 336 g/mol. The number of amides is 1. The fraction of sp³-hybridized carbons (Fsp3) is 0.435. The molecule has 144 valence electrons. The topological polar surface area (TPSA) is 41.6 Å². The van der Waals surface area contributed by atoms with E-state index in [1.54, 1.807) is 7.11 Å². The van der Waals surface area contributed by atoms with Crippen LogP contribution in [0.2, 0.25) is 0 Å². The second-order valence-corrected chi connectivity index (χ2v) is 7.50. The molecule has 0 unspecified atom stereocenters. The van der Waals surface area contributed by atoms with Crippen molar-refractivity contribution in [3.63, 3.8) is 0 Å². The molecule has 0 aromatic heterocycles. The molecule has 2 aromatic carbocycles. The zero-order valence-corrected chi connectivity index (χ0v) is 16.6. The monoisotopic (exact) mass is 366 g/mol. The molecule has 0 saturated carbocycles. The minimum atomic E-state index is 0.00412. The van der Waals surface area contributed by atoms with E-state index in [0.717, 1.165) is 49.4 Å². The van der Waals surface area contributed by atoms with Crippen molar-refractivity contribution in [2.24, 2.45) is 5.92 Å². The van der Waals surface area contributed by atoms with Crippen LogP contribution < -0.4 is 10.1 Å². The third kappa shape index (κ3) is 5.10. The highest BCUT2D eigenvalue weighted by molar-refractivity contribution is 5.79. The van der Waals surface area contributed by atoms with Gasteiger partial charge >= 0.3 is 0 Å². The molecule has 1 N–H and O–H groups in total.